The molecule has 1 saturated heterocycles. The molecule has 2 aliphatic heterocycles. The van der Waals surface area contributed by atoms with Gasteiger partial charge in [-0.15, -0.1) is 4.72 Å². The molecule has 5 rings (SSSR count). The zero-order valence-corrected chi connectivity index (χ0v) is 25.1. The molecule has 2 aromatic heterocycles. The van der Waals surface area contributed by atoms with Crippen molar-refractivity contribution in [1.29, 1.82) is 0 Å². The Morgan fingerprint density at radius 1 is 1.20 bits per heavy atom. The smallest absolute Gasteiger partial charge is 0.340 e. The third-order valence-electron chi connectivity index (χ3n) is 7.73. The third-order valence-corrected chi connectivity index (χ3v) is 9.34. The van der Waals surface area contributed by atoms with E-state index in [0.717, 1.165) is 41.6 Å². The molecule has 0 spiro atoms. The molecule has 0 aliphatic carbocycles. The van der Waals surface area contributed by atoms with Gasteiger partial charge in [-0.3, -0.25) is 0 Å². The Morgan fingerprint density at radius 2 is 1.95 bits per heavy atom. The Balaban J connectivity index is 1.52. The van der Waals surface area contributed by atoms with Gasteiger partial charge in [0.15, 0.2) is 0 Å². The number of hydrogen-bond donors (Lipinski definition) is 3. The first kappa shape index (κ1) is 28.6. The van der Waals surface area contributed by atoms with E-state index in [2.05, 4.69) is 28.3 Å². The van der Waals surface area contributed by atoms with E-state index in [9.17, 15) is 9.35 Å². The van der Waals surface area contributed by atoms with Crippen molar-refractivity contribution in [1.82, 2.24) is 20.0 Å². The lowest BCUT2D eigenvalue weighted by Crippen LogP contribution is -2.50. The fourth-order valence-corrected chi connectivity index (χ4v) is 5.70. The summed E-state index contributed by atoms with van der Waals surface area (Å²) in [6.07, 6.45) is 2.69. The molecule has 3 atom stereocenters. The molecule has 3 N–H and O–H groups in total. The molecule has 1 unspecified atom stereocenters. The summed E-state index contributed by atoms with van der Waals surface area (Å²) in [5, 5.41) is 8.44. The van der Waals surface area contributed by atoms with Gasteiger partial charge in [0.2, 0.25) is 0 Å². The zero-order chi connectivity index (χ0) is 28.8. The van der Waals surface area contributed by atoms with Gasteiger partial charge >= 0.3 is 5.97 Å². The maximum absolute atomic E-state index is 13.0. The van der Waals surface area contributed by atoms with E-state index in [4.69, 9.17) is 19.4 Å². The van der Waals surface area contributed by atoms with Crippen LogP contribution in [-0.2, 0) is 16.1 Å². The number of aromatic nitrogens is 2. The second-order valence-electron chi connectivity index (χ2n) is 12.1. The van der Waals surface area contributed by atoms with Gasteiger partial charge in [0, 0.05) is 42.0 Å². The van der Waals surface area contributed by atoms with Gasteiger partial charge in [0.25, 0.3) is 0 Å². The molecule has 0 amide bonds. The van der Waals surface area contributed by atoms with Crippen LogP contribution in [-0.4, -0.2) is 50.0 Å². The zero-order valence-electron chi connectivity index (χ0n) is 24.3. The van der Waals surface area contributed by atoms with Crippen LogP contribution in [0.3, 0.4) is 0 Å². The van der Waals surface area contributed by atoms with Crippen LogP contribution in [0.5, 0.6) is 5.75 Å². The molecule has 2 aliphatic rings. The van der Waals surface area contributed by atoms with Gasteiger partial charge in [0.05, 0.1) is 17.3 Å². The second-order valence-corrected chi connectivity index (χ2v) is 14.1. The SMILES string of the molecule is CC[C@H](N[S+]([O-])C(C)(C)C)c1ccc(OC2CNC2)c2cnc(Nc3ccc4c(n3)[C@@H](C)C(C)(C)OC4=O)cc12. The normalized spacial score (nSPS) is 20.3. The highest BCUT2D eigenvalue weighted by atomic mass is 32.2. The first-order valence-electron chi connectivity index (χ1n) is 13.9. The van der Waals surface area contributed by atoms with Crippen LogP contribution in [0, 0.1) is 0 Å². The largest absolute Gasteiger partial charge is 0.598 e. The molecule has 0 saturated carbocycles. The predicted octanol–water partition coefficient (Wildman–Crippen LogP) is 5.28. The van der Waals surface area contributed by atoms with Crippen molar-refractivity contribution in [2.75, 3.05) is 18.4 Å². The summed E-state index contributed by atoms with van der Waals surface area (Å²) in [6.45, 7) is 15.4. The molecule has 10 heteroatoms. The minimum atomic E-state index is -1.24. The number of anilines is 2. The molecule has 4 heterocycles. The van der Waals surface area contributed by atoms with Gasteiger partial charge in [-0.1, -0.05) is 19.9 Å². The van der Waals surface area contributed by atoms with Crippen molar-refractivity contribution in [3.8, 4) is 5.75 Å². The number of benzene rings is 1. The second kappa shape index (κ2) is 10.8. The topological polar surface area (TPSA) is 120 Å². The lowest BCUT2D eigenvalue weighted by Gasteiger charge is -2.36. The Hall–Kier alpha value is -2.92. The van der Waals surface area contributed by atoms with Gasteiger partial charge in [0.1, 0.15) is 33.8 Å². The molecule has 40 heavy (non-hydrogen) atoms. The fourth-order valence-electron chi connectivity index (χ4n) is 4.80. The Kier molecular flexibility index (Phi) is 7.73. The summed E-state index contributed by atoms with van der Waals surface area (Å²) in [7, 11) is 0. The van der Waals surface area contributed by atoms with Gasteiger partial charge < -0.3 is 24.7 Å². The van der Waals surface area contributed by atoms with E-state index in [1.807, 2.05) is 59.9 Å². The Labute approximate surface area is 239 Å². The summed E-state index contributed by atoms with van der Waals surface area (Å²) in [6, 6.07) is 9.42. The van der Waals surface area contributed by atoms with Crippen molar-refractivity contribution in [2.24, 2.45) is 0 Å². The summed E-state index contributed by atoms with van der Waals surface area (Å²) < 4.78 is 27.9. The van der Waals surface area contributed by atoms with Crippen molar-refractivity contribution in [2.45, 2.75) is 83.3 Å². The Bertz CT molecular complexity index is 1420. The summed E-state index contributed by atoms with van der Waals surface area (Å²) in [5.74, 6) is 1.55. The average Bonchev–Trinajstić information content (AvgIpc) is 2.87. The predicted molar refractivity (Wildman–Crippen MR) is 159 cm³/mol. The number of fused-ring (bicyclic) bond motifs is 2. The first-order chi connectivity index (χ1) is 18.9. The highest BCUT2D eigenvalue weighted by Crippen LogP contribution is 2.39. The van der Waals surface area contributed by atoms with E-state index in [-0.39, 0.29) is 24.0 Å². The summed E-state index contributed by atoms with van der Waals surface area (Å²) in [5.41, 5.74) is 1.57. The van der Waals surface area contributed by atoms with Gasteiger partial charge in [-0.2, -0.15) is 0 Å². The number of hydrogen-bond acceptors (Lipinski definition) is 9. The van der Waals surface area contributed by atoms with Crippen LogP contribution in [0.1, 0.15) is 88.5 Å². The van der Waals surface area contributed by atoms with E-state index in [0.29, 0.717) is 22.9 Å². The van der Waals surface area contributed by atoms with Crippen molar-refractivity contribution in [3.63, 3.8) is 0 Å². The molecular weight excluding hydrogens is 526 g/mol. The van der Waals surface area contributed by atoms with Crippen LogP contribution in [0.15, 0.2) is 36.5 Å². The molecule has 1 aromatic carbocycles. The Morgan fingerprint density at radius 3 is 2.60 bits per heavy atom. The van der Waals surface area contributed by atoms with Crippen LogP contribution < -0.4 is 20.1 Å². The molecule has 0 radical (unpaired) electrons. The number of rotatable bonds is 8. The molecule has 3 aromatic rings. The molecule has 0 bridgehead atoms. The third kappa shape index (κ3) is 5.63. The lowest BCUT2D eigenvalue weighted by molar-refractivity contribution is -0.0189. The minimum Gasteiger partial charge on any atom is -0.598 e. The number of pyridine rings is 2. The maximum Gasteiger partial charge on any atom is 0.340 e. The molecule has 9 nitrogen and oxygen atoms in total. The van der Waals surface area contributed by atoms with Gasteiger partial charge in [-0.25, -0.2) is 14.8 Å². The number of ether oxygens (including phenoxy) is 2. The quantitative estimate of drug-likeness (QED) is 0.247. The monoisotopic (exact) mass is 565 g/mol. The minimum absolute atomic E-state index is 0.0705. The molecular formula is C30H39N5O4S. The van der Waals surface area contributed by atoms with Crippen molar-refractivity contribution < 1.29 is 18.8 Å². The average molecular weight is 566 g/mol. The number of cyclic esters (lactones) is 1. The van der Waals surface area contributed by atoms with E-state index >= 15 is 0 Å². The molecule has 1 fully saturated rings. The highest BCUT2D eigenvalue weighted by molar-refractivity contribution is 7.90. The number of esters is 1. The van der Waals surface area contributed by atoms with Crippen molar-refractivity contribution in [3.05, 3.63) is 53.3 Å². The first-order valence-corrected chi connectivity index (χ1v) is 15.0. The summed E-state index contributed by atoms with van der Waals surface area (Å²) in [4.78, 5) is 22.0. The number of nitrogens with zero attached hydrogens (tertiary/aromatic N) is 2. The number of carbonyl (C=O) groups is 1. The highest BCUT2D eigenvalue weighted by Gasteiger charge is 2.40. The van der Waals surface area contributed by atoms with Crippen LogP contribution >= 0.6 is 0 Å². The van der Waals surface area contributed by atoms with E-state index < -0.39 is 21.7 Å². The van der Waals surface area contributed by atoms with Crippen molar-refractivity contribution >= 4 is 39.7 Å². The number of carbonyl (C=O) groups excluding carboxylic acids is 1. The fraction of sp³-hybridized carbons (Fsp3) is 0.500. The summed E-state index contributed by atoms with van der Waals surface area (Å²) >= 11 is -1.24. The van der Waals surface area contributed by atoms with Crippen LogP contribution in [0.4, 0.5) is 11.6 Å². The van der Waals surface area contributed by atoms with E-state index in [1.165, 1.54) is 0 Å². The standard InChI is InChI=1S/C30H39N5O4S/c1-8-23(35-40(37)29(3,4)5)19-9-11-24(38-18-14-31-15-18)22-16-32-26(13-21(19)22)33-25-12-10-20-27(34-25)17(2)30(6,7)39-28(20)36/h9-13,16-18,23,31,35H,8,14-15H2,1-7H3,(H,32,33,34)/t17-,23+,40?/m1/s1. The van der Waals surface area contributed by atoms with E-state index in [1.54, 1.807) is 12.1 Å². The van der Waals surface area contributed by atoms with Crippen LogP contribution in [0.25, 0.3) is 10.8 Å². The van der Waals surface area contributed by atoms with Gasteiger partial charge in [-0.05, 0) is 76.3 Å². The lowest BCUT2D eigenvalue weighted by atomic mass is 9.84. The van der Waals surface area contributed by atoms with Crippen LogP contribution in [0.2, 0.25) is 0 Å². The maximum atomic E-state index is 13.0. The molecule has 214 valence electrons. The number of nitrogens with one attached hydrogen (secondary N) is 3.